The molecule has 2 heterocycles. The topological polar surface area (TPSA) is 133 Å². The van der Waals surface area contributed by atoms with Gasteiger partial charge >= 0.3 is 0 Å². The minimum Gasteiger partial charge on any atom is -0.508 e. The van der Waals surface area contributed by atoms with Crippen LogP contribution in [0.3, 0.4) is 0 Å². The van der Waals surface area contributed by atoms with Crippen LogP contribution in [0.5, 0.6) is 11.5 Å². The van der Waals surface area contributed by atoms with E-state index in [1.165, 1.54) is 30.0 Å². The molecule has 4 amide bonds. The Morgan fingerprint density at radius 3 is 2.60 bits per heavy atom. The van der Waals surface area contributed by atoms with Crippen molar-refractivity contribution in [3.63, 3.8) is 0 Å². The van der Waals surface area contributed by atoms with Gasteiger partial charge in [0.1, 0.15) is 17.5 Å². The van der Waals surface area contributed by atoms with Crippen molar-refractivity contribution in [2.75, 3.05) is 45.6 Å². The minimum absolute atomic E-state index is 0.00180. The molecule has 0 saturated carbocycles. The van der Waals surface area contributed by atoms with Crippen LogP contribution in [0.1, 0.15) is 36.5 Å². The highest BCUT2D eigenvalue weighted by Gasteiger charge is 2.21. The van der Waals surface area contributed by atoms with E-state index in [2.05, 4.69) is 27.3 Å². The number of hydrogen-bond acceptors (Lipinski definition) is 7. The number of nitrogens with zero attached hydrogens (tertiary/aromatic N) is 3. The number of ether oxygens (including phenoxy) is 1. The van der Waals surface area contributed by atoms with Crippen LogP contribution >= 0.6 is 11.8 Å². The third kappa shape index (κ3) is 8.66. The number of aromatic hydroxyl groups is 1. The first-order valence-corrected chi connectivity index (χ1v) is 15.3. The SMILES string of the molecule is C[C@@H]1NC(=O)COc2cc(O)cc(c2)C(=O)NCCCN(C(=O)CSc2cn(C)c3ccccc23)CCCCN(C)C1=O. The van der Waals surface area contributed by atoms with Crippen LogP contribution < -0.4 is 15.4 Å². The van der Waals surface area contributed by atoms with Crippen molar-refractivity contribution < 1.29 is 29.0 Å². The first-order valence-electron chi connectivity index (χ1n) is 14.4. The Balaban J connectivity index is 1.44. The summed E-state index contributed by atoms with van der Waals surface area (Å²) >= 11 is 1.51. The number of fused-ring (bicyclic) bond motifs is 3. The van der Waals surface area contributed by atoms with Crippen LogP contribution in [-0.4, -0.2) is 94.7 Å². The number of hydrogen-bond donors (Lipinski definition) is 3. The number of nitrogens with one attached hydrogen (secondary N) is 2. The number of carbonyl (C=O) groups is 4. The molecule has 43 heavy (non-hydrogen) atoms. The second-order valence-electron chi connectivity index (χ2n) is 10.7. The van der Waals surface area contributed by atoms with E-state index in [0.29, 0.717) is 45.4 Å². The van der Waals surface area contributed by atoms with Gasteiger partial charge in [-0.1, -0.05) is 18.2 Å². The molecule has 2 bridgehead atoms. The third-order valence-corrected chi connectivity index (χ3v) is 8.30. The highest BCUT2D eigenvalue weighted by molar-refractivity contribution is 8.00. The van der Waals surface area contributed by atoms with Crippen LogP contribution in [-0.2, 0) is 21.4 Å². The molecule has 1 atom stereocenters. The Hall–Kier alpha value is -4.19. The molecule has 0 fully saturated rings. The monoisotopic (exact) mass is 609 g/mol. The Morgan fingerprint density at radius 2 is 1.79 bits per heavy atom. The van der Waals surface area contributed by atoms with Crippen molar-refractivity contribution in [3.8, 4) is 11.5 Å². The molecule has 3 N–H and O–H groups in total. The lowest BCUT2D eigenvalue weighted by molar-refractivity contribution is -0.135. The van der Waals surface area contributed by atoms with Gasteiger partial charge in [0.05, 0.1) is 5.75 Å². The molecule has 11 nitrogen and oxygen atoms in total. The lowest BCUT2D eigenvalue weighted by Gasteiger charge is -2.25. The number of amides is 4. The predicted octanol–water partition coefficient (Wildman–Crippen LogP) is 2.76. The molecule has 3 aromatic rings. The van der Waals surface area contributed by atoms with Crippen molar-refractivity contribution in [2.24, 2.45) is 7.05 Å². The molecule has 2 aromatic carbocycles. The number of thioether (sulfide) groups is 1. The zero-order valence-electron chi connectivity index (χ0n) is 24.8. The smallest absolute Gasteiger partial charge is 0.258 e. The Morgan fingerprint density at radius 1 is 1.05 bits per heavy atom. The summed E-state index contributed by atoms with van der Waals surface area (Å²) in [6.07, 6.45) is 3.95. The molecule has 0 radical (unpaired) electrons. The minimum atomic E-state index is -0.763. The van der Waals surface area contributed by atoms with Gasteiger partial charge < -0.3 is 34.8 Å². The van der Waals surface area contributed by atoms with E-state index < -0.39 is 17.9 Å². The molecule has 1 aromatic heterocycles. The molecule has 1 aliphatic rings. The van der Waals surface area contributed by atoms with Crippen molar-refractivity contribution in [1.29, 1.82) is 0 Å². The number of likely N-dealkylation sites (N-methyl/N-ethyl adjacent to an activating group) is 1. The van der Waals surface area contributed by atoms with E-state index in [-0.39, 0.29) is 41.2 Å². The van der Waals surface area contributed by atoms with Gasteiger partial charge in [-0.2, -0.15) is 0 Å². The summed E-state index contributed by atoms with van der Waals surface area (Å²) < 4.78 is 7.53. The number of aromatic nitrogens is 1. The maximum atomic E-state index is 13.4. The number of phenols is 1. The molecule has 0 aliphatic carbocycles. The Bertz CT molecular complexity index is 1470. The molecule has 12 heteroatoms. The number of phenolic OH excluding ortho intramolecular Hbond substituents is 1. The molecule has 1 aliphatic heterocycles. The van der Waals surface area contributed by atoms with E-state index in [0.717, 1.165) is 15.8 Å². The maximum Gasteiger partial charge on any atom is 0.258 e. The zero-order chi connectivity index (χ0) is 30.9. The number of carbonyl (C=O) groups excluding carboxylic acids is 4. The second kappa shape index (κ2) is 14.8. The highest BCUT2D eigenvalue weighted by atomic mass is 32.2. The zero-order valence-corrected chi connectivity index (χ0v) is 25.6. The quantitative estimate of drug-likeness (QED) is 0.389. The fraction of sp³-hybridized carbons (Fsp3) is 0.419. The average Bonchev–Trinajstić information content (AvgIpc) is 3.31. The fourth-order valence-electron chi connectivity index (χ4n) is 4.97. The van der Waals surface area contributed by atoms with Crippen molar-refractivity contribution in [2.45, 2.75) is 37.1 Å². The first-order chi connectivity index (χ1) is 20.6. The van der Waals surface area contributed by atoms with Gasteiger partial charge in [-0.15, -0.1) is 11.8 Å². The van der Waals surface area contributed by atoms with Crippen LogP contribution in [0, 0.1) is 0 Å². The van der Waals surface area contributed by atoms with Crippen LogP contribution in [0.4, 0.5) is 0 Å². The van der Waals surface area contributed by atoms with Crippen molar-refractivity contribution in [3.05, 3.63) is 54.2 Å². The Labute approximate surface area is 255 Å². The number of benzene rings is 2. The number of aryl methyl sites for hydroxylation is 1. The lowest BCUT2D eigenvalue weighted by Crippen LogP contribution is -2.47. The normalized spacial score (nSPS) is 18.1. The maximum absolute atomic E-state index is 13.4. The van der Waals surface area contributed by atoms with Crippen molar-refractivity contribution >= 4 is 46.3 Å². The van der Waals surface area contributed by atoms with Gasteiger partial charge in [0.15, 0.2) is 6.61 Å². The lowest BCUT2D eigenvalue weighted by atomic mass is 10.2. The first kappa shape index (κ1) is 31.7. The summed E-state index contributed by atoms with van der Waals surface area (Å²) in [5.41, 5.74) is 1.28. The molecule has 0 unspecified atom stereocenters. The molecular formula is C31H39N5O6S. The summed E-state index contributed by atoms with van der Waals surface area (Å²) in [4.78, 5) is 55.8. The largest absolute Gasteiger partial charge is 0.508 e. The van der Waals surface area contributed by atoms with Gasteiger partial charge in [-0.25, -0.2) is 0 Å². The van der Waals surface area contributed by atoms with Gasteiger partial charge in [0.2, 0.25) is 11.8 Å². The highest BCUT2D eigenvalue weighted by Crippen LogP contribution is 2.29. The molecule has 4 rings (SSSR count). The second-order valence-corrected chi connectivity index (χ2v) is 11.7. The van der Waals surface area contributed by atoms with E-state index in [9.17, 15) is 24.3 Å². The van der Waals surface area contributed by atoms with Crippen molar-refractivity contribution in [1.82, 2.24) is 25.0 Å². The summed E-state index contributed by atoms with van der Waals surface area (Å²) in [5.74, 6) is -0.913. The van der Waals surface area contributed by atoms with Crippen LogP contribution in [0.25, 0.3) is 10.9 Å². The number of para-hydroxylation sites is 1. The standard InChI is InChI=1S/C31H39N5O6S/c1-21-31(41)34(2)12-6-7-13-36(29(39)20-43-27-18-35(3)26-10-5-4-9-25(26)27)14-8-11-32-30(40)22-15-23(37)17-24(16-22)42-19-28(38)33-21/h4-5,9-10,15-18,21,37H,6-8,11-14,19-20H2,1-3H3,(H,32,40)(H,33,38)/t21-/m0/s1. The fourth-order valence-corrected chi connectivity index (χ4v) is 5.99. The van der Waals surface area contributed by atoms with E-state index in [1.54, 1.807) is 18.9 Å². The van der Waals surface area contributed by atoms with E-state index in [4.69, 9.17) is 4.74 Å². The summed E-state index contributed by atoms with van der Waals surface area (Å²) in [5, 5.41) is 16.7. The van der Waals surface area contributed by atoms with Gasteiger partial charge in [-0.05, 0) is 44.4 Å². The third-order valence-electron chi connectivity index (χ3n) is 7.27. The predicted molar refractivity (Wildman–Crippen MR) is 165 cm³/mol. The number of rotatable bonds is 3. The van der Waals surface area contributed by atoms with Crippen LogP contribution in [0.2, 0.25) is 0 Å². The molecule has 230 valence electrons. The van der Waals surface area contributed by atoms with Gasteiger partial charge in [0, 0.05) is 73.9 Å². The van der Waals surface area contributed by atoms with Gasteiger partial charge in [0.25, 0.3) is 11.8 Å². The summed E-state index contributed by atoms with van der Waals surface area (Å²) in [6.45, 7) is 3.00. The summed E-state index contributed by atoms with van der Waals surface area (Å²) in [6, 6.07) is 11.4. The van der Waals surface area contributed by atoms with Crippen LogP contribution in [0.15, 0.2) is 53.6 Å². The molecule has 0 spiro atoms. The van der Waals surface area contributed by atoms with E-state index in [1.807, 2.05) is 30.3 Å². The van der Waals surface area contributed by atoms with E-state index >= 15 is 0 Å². The molecular weight excluding hydrogens is 570 g/mol. The average molecular weight is 610 g/mol. The Kier molecular flexibility index (Phi) is 10.9. The van der Waals surface area contributed by atoms with Gasteiger partial charge in [-0.3, -0.25) is 19.2 Å². The molecule has 0 saturated heterocycles. The summed E-state index contributed by atoms with van der Waals surface area (Å²) in [7, 11) is 3.68.